The number of nitrogens with zero attached hydrogens (tertiary/aromatic N) is 9. The molecule has 0 fully saturated rings. The van der Waals surface area contributed by atoms with E-state index in [-0.39, 0.29) is 67.8 Å². The predicted molar refractivity (Wildman–Crippen MR) is 458 cm³/mol. The number of aliphatic hydroxyl groups is 2. The highest BCUT2D eigenvalue weighted by atomic mass is 19.4. The number of rotatable bonds is 10. The van der Waals surface area contributed by atoms with Crippen LogP contribution in [0.15, 0.2) is 164 Å². The number of aliphatic hydroxyl groups excluding tert-OH is 2. The molecule has 0 aliphatic rings. The zero-order chi connectivity index (χ0) is 85.9. The molecule has 0 radical (unpaired) electrons. The number of hydrogen-bond donors (Lipinski definition) is 2. The average molecular weight is 1550 g/mol. The fraction of sp³-hybridized carbons (Fsp3) is 0.521. The molecule has 0 bridgehead atoms. The van der Waals surface area contributed by atoms with Gasteiger partial charge in [0.1, 0.15) is 6.61 Å². The van der Waals surface area contributed by atoms with Gasteiger partial charge in [0.05, 0.1) is 38.3 Å². The molecule has 0 saturated heterocycles. The number of halogens is 3. The van der Waals surface area contributed by atoms with Crippen LogP contribution in [-0.2, 0) is 61.8 Å². The van der Waals surface area contributed by atoms with E-state index in [2.05, 4.69) is 285 Å². The van der Waals surface area contributed by atoms with Crippen molar-refractivity contribution >= 4 is 0 Å². The Labute approximate surface area is 673 Å². The highest BCUT2D eigenvalue weighted by Crippen LogP contribution is 2.29. The van der Waals surface area contributed by atoms with E-state index in [1.807, 2.05) is 120 Å². The van der Waals surface area contributed by atoms with Gasteiger partial charge in [0.25, 0.3) is 0 Å². The van der Waals surface area contributed by atoms with Crippen molar-refractivity contribution in [2.45, 2.75) is 289 Å². The molecule has 0 aliphatic heterocycles. The van der Waals surface area contributed by atoms with Gasteiger partial charge in [-0.05, 0) is 134 Å². The van der Waals surface area contributed by atoms with Gasteiger partial charge in [0.2, 0.25) is 23.5 Å². The molecule has 0 spiro atoms. The maximum absolute atomic E-state index is 11.9. The first-order chi connectivity index (χ1) is 51.4. The Balaban J connectivity index is 0.000000632. The molecule has 15 nitrogen and oxygen atoms in total. The van der Waals surface area contributed by atoms with Gasteiger partial charge >= 0.3 is 6.18 Å². The summed E-state index contributed by atoms with van der Waals surface area (Å²) in [7, 11) is 1.65. The van der Waals surface area contributed by atoms with Crippen molar-refractivity contribution in [2.75, 3.05) is 33.5 Å². The summed E-state index contributed by atoms with van der Waals surface area (Å²) in [4.78, 5) is 38.7. The van der Waals surface area contributed by atoms with E-state index in [0.29, 0.717) is 30.7 Å². The van der Waals surface area contributed by atoms with Crippen molar-refractivity contribution < 1.29 is 42.3 Å². The van der Waals surface area contributed by atoms with Crippen LogP contribution in [0.4, 0.5) is 13.2 Å². The zero-order valence-corrected chi connectivity index (χ0v) is 74.5. The lowest BCUT2D eigenvalue weighted by molar-refractivity contribution is -0.154. The van der Waals surface area contributed by atoms with Crippen molar-refractivity contribution in [1.82, 2.24) is 44.9 Å². The van der Waals surface area contributed by atoms with E-state index >= 15 is 0 Å². The summed E-state index contributed by atoms with van der Waals surface area (Å²) in [6, 6.07) is 44.9. The number of hydrogen-bond acceptors (Lipinski definition) is 15. The fourth-order valence-electron chi connectivity index (χ4n) is 9.13. The van der Waals surface area contributed by atoms with E-state index < -0.39 is 12.8 Å². The quantitative estimate of drug-likeness (QED) is 0.131. The number of ether oxygens (including phenoxy) is 4. The highest BCUT2D eigenvalue weighted by molar-refractivity contribution is 5.29. The molecule has 9 aromatic rings. The minimum Gasteiger partial charge on any atom is -0.481 e. The van der Waals surface area contributed by atoms with E-state index in [0.717, 1.165) is 52.2 Å². The average Bonchev–Trinajstić information content (AvgIpc) is 0.840. The minimum absolute atomic E-state index is 0.00440. The molecule has 618 valence electrons. The van der Waals surface area contributed by atoms with Crippen LogP contribution in [0.25, 0.3) is 0 Å². The summed E-state index contributed by atoms with van der Waals surface area (Å²) in [5, 5.41) is 17.5. The van der Waals surface area contributed by atoms with Crippen LogP contribution in [0.3, 0.4) is 0 Å². The van der Waals surface area contributed by atoms with E-state index in [9.17, 15) is 13.2 Å². The van der Waals surface area contributed by atoms with Gasteiger partial charge in [-0.2, -0.15) is 13.2 Å². The molecular formula is C94H140F3N9O6. The zero-order valence-electron chi connectivity index (χ0n) is 74.5. The molecule has 0 amide bonds. The smallest absolute Gasteiger partial charge is 0.422 e. The Morgan fingerprint density at radius 2 is 0.714 bits per heavy atom. The second-order valence-electron chi connectivity index (χ2n) is 36.5. The first kappa shape index (κ1) is 101. The van der Waals surface area contributed by atoms with E-state index in [1.54, 1.807) is 31.5 Å². The summed E-state index contributed by atoms with van der Waals surface area (Å²) in [5.74, 6) is 2.00. The van der Waals surface area contributed by atoms with E-state index in [1.165, 1.54) is 39.7 Å². The molecule has 0 unspecified atom stereocenters. The maximum Gasteiger partial charge on any atom is 0.422 e. The normalized spacial score (nSPS) is 11.7. The fourth-order valence-corrected chi connectivity index (χ4v) is 9.13. The Morgan fingerprint density at radius 3 is 1.04 bits per heavy atom. The molecule has 18 heteroatoms. The molecule has 9 heterocycles. The third-order valence-electron chi connectivity index (χ3n) is 16.0. The third kappa shape index (κ3) is 42.8. The van der Waals surface area contributed by atoms with Crippen LogP contribution < -0.4 is 18.9 Å². The first-order valence-corrected chi connectivity index (χ1v) is 38.7. The van der Waals surface area contributed by atoms with Gasteiger partial charge in [-0.1, -0.05) is 242 Å². The van der Waals surface area contributed by atoms with E-state index in [4.69, 9.17) is 24.4 Å². The molecule has 2 N–H and O–H groups in total. The second-order valence-corrected chi connectivity index (χ2v) is 36.5. The van der Waals surface area contributed by atoms with Crippen molar-refractivity contribution in [1.29, 1.82) is 0 Å². The number of aryl methyl sites for hydroxylation is 4. The lowest BCUT2D eigenvalue weighted by Gasteiger charge is -2.18. The Morgan fingerprint density at radius 1 is 0.339 bits per heavy atom. The monoisotopic (exact) mass is 1550 g/mol. The van der Waals surface area contributed by atoms with Gasteiger partial charge in [0, 0.05) is 133 Å². The van der Waals surface area contributed by atoms with Crippen molar-refractivity contribution in [3.8, 4) is 23.5 Å². The topological polar surface area (TPSA) is 193 Å². The van der Waals surface area contributed by atoms with Crippen LogP contribution in [0.1, 0.15) is 280 Å². The Bertz CT molecular complexity index is 4010. The summed E-state index contributed by atoms with van der Waals surface area (Å²) >= 11 is 0. The van der Waals surface area contributed by atoms with Crippen LogP contribution in [0.5, 0.6) is 23.5 Å². The molecule has 9 aromatic heterocycles. The van der Waals surface area contributed by atoms with Crippen LogP contribution in [-0.4, -0.2) is 94.8 Å². The molecule has 0 aliphatic carbocycles. The number of alkyl halides is 3. The maximum atomic E-state index is 11.9. The SMILES string of the molecule is CC(C)(C)c1cccc(CO)n1.CC(C)(C)c1cccc(OCC(F)(F)F)n1.CC(C)(C)c1cccc(OCCO)n1.CC(C)(C)c1cccnc1.CCOc1cccc(C(C)(C)C)n1.CCc1cccc(C(C)(C)C)n1.COc1cc(C)cc(C(C)(C)C)n1.Cc1cccc(C(C)(C)C)n1.Cc1cncc(C(C)(C)C)c1. The number of aromatic nitrogens is 9. The first-order valence-electron chi connectivity index (χ1n) is 38.7. The van der Waals surface area contributed by atoms with Crippen molar-refractivity contribution in [3.63, 3.8) is 0 Å². The molecule has 112 heavy (non-hydrogen) atoms. The highest BCUT2D eigenvalue weighted by Gasteiger charge is 2.29. The summed E-state index contributed by atoms with van der Waals surface area (Å²) in [6.07, 6.45) is 4.22. The molecule has 0 aromatic carbocycles. The summed E-state index contributed by atoms with van der Waals surface area (Å²) in [5.41, 5.74) is 16.1. The lowest BCUT2D eigenvalue weighted by atomic mass is 9.88. The van der Waals surface area contributed by atoms with Gasteiger partial charge in [0.15, 0.2) is 6.61 Å². The van der Waals surface area contributed by atoms with Gasteiger partial charge in [-0.15, -0.1) is 0 Å². The largest absolute Gasteiger partial charge is 0.481 e. The third-order valence-corrected chi connectivity index (χ3v) is 16.0. The van der Waals surface area contributed by atoms with Crippen molar-refractivity contribution in [3.05, 3.63) is 244 Å². The van der Waals surface area contributed by atoms with Crippen LogP contribution in [0.2, 0.25) is 0 Å². The van der Waals surface area contributed by atoms with Gasteiger partial charge in [-0.25, -0.2) is 19.9 Å². The Hall–Kier alpha value is -8.74. The van der Waals surface area contributed by atoms with Gasteiger partial charge in [-0.3, -0.25) is 24.9 Å². The molecular weight excluding hydrogens is 1410 g/mol. The summed E-state index contributed by atoms with van der Waals surface area (Å²) < 4.78 is 56.0. The number of pyridine rings is 9. The molecule has 0 atom stereocenters. The van der Waals surface area contributed by atoms with Crippen molar-refractivity contribution in [2.24, 2.45) is 0 Å². The predicted octanol–water partition coefficient (Wildman–Crippen LogP) is 23.1. The summed E-state index contributed by atoms with van der Waals surface area (Å²) in [6.45, 7) is 67.5. The Kier molecular flexibility index (Phi) is 41.4. The molecule has 9 rings (SSSR count). The lowest BCUT2D eigenvalue weighted by Crippen LogP contribution is -2.20. The number of methoxy groups -OCH3 is 1. The van der Waals surface area contributed by atoms with Crippen LogP contribution >= 0.6 is 0 Å². The van der Waals surface area contributed by atoms with Gasteiger partial charge < -0.3 is 29.2 Å². The molecule has 0 saturated carbocycles. The minimum atomic E-state index is -4.33. The van der Waals surface area contributed by atoms with Crippen LogP contribution in [0, 0.1) is 20.8 Å². The standard InChI is InChI=1S/C11H14F3NO.C11H17NO2.2C11H17NO.C11H17N.C10H15NO.2C10H15N.C9H13N/c1-10(2,3)8-5-4-6-9(15-8)16-7-11(12,13)14;1-11(2,3)9-5-4-6-10(12-9)14-8-7-13;1-8-6-9(11(2,3)4)12-10(7-8)13-5;1-5-13-10-8-6-7-9(12-10)11(2,3)4;1-5-9-7-6-8-10(12-9)11(2,3)4;1-10(2,3)9-6-4-5-8(7-12)11-9;1-8-5-9(7-11-6-8)10(2,3)4;1-8-6-5-7-9(11-8)10(2,3)4;1-9(2,3)8-5-4-6-10-7-8/h4-6H,7H2,1-3H3;4-6,13H,7-8H2,1-3H3;6-7H,1-5H3;6-8H,5H2,1-4H3;6-8H,5H2,1-4H3;4-6,12H,7H2,1-3H3;2*5-7H,1-4H3;4-7H,1-3H3. The second kappa shape index (κ2) is 45.8.